The van der Waals surface area contributed by atoms with Gasteiger partial charge in [0.15, 0.2) is 0 Å². The normalized spacial score (nSPS) is 12.7. The maximum absolute atomic E-state index is 13.1. The first-order valence-corrected chi connectivity index (χ1v) is 10.9. The second kappa shape index (κ2) is 10.2. The summed E-state index contributed by atoms with van der Waals surface area (Å²) in [5.74, 6) is -0.312. The van der Waals surface area contributed by atoms with Crippen molar-refractivity contribution < 1.29 is 9.59 Å². The Kier molecular flexibility index (Phi) is 7.36. The van der Waals surface area contributed by atoms with E-state index in [0.29, 0.717) is 16.9 Å². The number of aryl methyl sites for hydroxylation is 1. The number of carbonyl (C=O) groups excluding carboxylic acids is 2. The number of hydrogen-bond acceptors (Lipinski definition) is 4. The van der Waals surface area contributed by atoms with Gasteiger partial charge in [-0.05, 0) is 49.6 Å². The van der Waals surface area contributed by atoms with Crippen LogP contribution in [-0.4, -0.2) is 28.8 Å². The van der Waals surface area contributed by atoms with Crippen LogP contribution in [0.2, 0.25) is 0 Å². The Hall–Kier alpha value is -3.54. The van der Waals surface area contributed by atoms with Crippen LogP contribution in [0.1, 0.15) is 54.8 Å². The standard InChI is InChI=1S/C26H30N4O2/c1-6-18(3)26(32)30(5)23-14-21(20-9-7-17(2)8-10-20)13-22(15-23)25(31)29-19(4)24-16-27-11-12-28-24/h7-16,18-19H,6H2,1-5H3,(H,29,31). The van der Waals surface area contributed by atoms with Crippen LogP contribution in [-0.2, 0) is 4.79 Å². The summed E-state index contributed by atoms with van der Waals surface area (Å²) in [5, 5.41) is 2.98. The van der Waals surface area contributed by atoms with E-state index in [9.17, 15) is 9.59 Å². The summed E-state index contributed by atoms with van der Waals surface area (Å²) in [6, 6.07) is 13.4. The molecule has 2 aromatic carbocycles. The second-order valence-electron chi connectivity index (χ2n) is 8.17. The molecule has 1 heterocycles. The van der Waals surface area contributed by atoms with Crippen molar-refractivity contribution in [1.82, 2.24) is 15.3 Å². The molecule has 2 atom stereocenters. The molecule has 0 radical (unpaired) electrons. The summed E-state index contributed by atoms with van der Waals surface area (Å²) >= 11 is 0. The molecule has 2 unspecified atom stereocenters. The molecule has 0 aliphatic rings. The number of benzene rings is 2. The number of amides is 2. The SMILES string of the molecule is CCC(C)C(=O)N(C)c1cc(C(=O)NC(C)c2cnccn2)cc(-c2ccc(C)cc2)c1. The smallest absolute Gasteiger partial charge is 0.251 e. The van der Waals surface area contributed by atoms with Crippen LogP contribution in [0.3, 0.4) is 0 Å². The van der Waals surface area contributed by atoms with Crippen LogP contribution >= 0.6 is 0 Å². The molecule has 2 amide bonds. The van der Waals surface area contributed by atoms with E-state index in [-0.39, 0.29) is 23.8 Å². The molecule has 0 aliphatic heterocycles. The molecule has 0 spiro atoms. The molecule has 0 aliphatic carbocycles. The zero-order valence-electron chi connectivity index (χ0n) is 19.3. The van der Waals surface area contributed by atoms with Crippen LogP contribution in [0.25, 0.3) is 11.1 Å². The van der Waals surface area contributed by atoms with Crippen LogP contribution in [0.5, 0.6) is 0 Å². The minimum Gasteiger partial charge on any atom is -0.344 e. The maximum Gasteiger partial charge on any atom is 0.251 e. The lowest BCUT2D eigenvalue weighted by atomic mass is 9.99. The molecule has 32 heavy (non-hydrogen) atoms. The van der Waals surface area contributed by atoms with Gasteiger partial charge in [-0.15, -0.1) is 0 Å². The van der Waals surface area contributed by atoms with Gasteiger partial charge in [0.2, 0.25) is 5.91 Å². The monoisotopic (exact) mass is 430 g/mol. The molecule has 166 valence electrons. The van der Waals surface area contributed by atoms with Crippen molar-refractivity contribution >= 4 is 17.5 Å². The molecular weight excluding hydrogens is 400 g/mol. The van der Waals surface area contributed by atoms with Gasteiger partial charge in [0.1, 0.15) is 0 Å². The molecule has 0 bridgehead atoms. The molecule has 0 saturated heterocycles. The van der Waals surface area contributed by atoms with Gasteiger partial charge in [-0.2, -0.15) is 0 Å². The first-order chi connectivity index (χ1) is 15.3. The number of aromatic nitrogens is 2. The number of rotatable bonds is 7. The average Bonchev–Trinajstić information content (AvgIpc) is 2.83. The first kappa shape index (κ1) is 23.1. The number of nitrogens with one attached hydrogen (secondary N) is 1. The molecule has 0 fully saturated rings. The first-order valence-electron chi connectivity index (χ1n) is 10.9. The molecule has 1 N–H and O–H groups in total. The highest BCUT2D eigenvalue weighted by atomic mass is 16.2. The molecule has 3 rings (SSSR count). The Labute approximate surface area is 189 Å². The average molecular weight is 431 g/mol. The predicted octanol–water partition coefficient (Wildman–Crippen LogP) is 4.95. The third-order valence-corrected chi connectivity index (χ3v) is 5.69. The van der Waals surface area contributed by atoms with E-state index >= 15 is 0 Å². The fourth-order valence-corrected chi connectivity index (χ4v) is 3.37. The van der Waals surface area contributed by atoms with Crippen molar-refractivity contribution in [3.63, 3.8) is 0 Å². The molecule has 3 aromatic rings. The number of hydrogen-bond donors (Lipinski definition) is 1. The maximum atomic E-state index is 13.1. The molecule has 6 nitrogen and oxygen atoms in total. The fourth-order valence-electron chi connectivity index (χ4n) is 3.37. The van der Waals surface area contributed by atoms with E-state index in [4.69, 9.17) is 0 Å². The number of carbonyl (C=O) groups is 2. The Bertz CT molecular complexity index is 1080. The van der Waals surface area contributed by atoms with E-state index in [1.54, 1.807) is 36.6 Å². The number of anilines is 1. The largest absolute Gasteiger partial charge is 0.344 e. The van der Waals surface area contributed by atoms with Gasteiger partial charge in [-0.3, -0.25) is 19.6 Å². The van der Waals surface area contributed by atoms with Gasteiger partial charge in [0.05, 0.1) is 17.9 Å². The van der Waals surface area contributed by atoms with E-state index < -0.39 is 0 Å². The van der Waals surface area contributed by atoms with Crippen molar-refractivity contribution in [2.24, 2.45) is 5.92 Å². The predicted molar refractivity (Wildman–Crippen MR) is 127 cm³/mol. The molecule has 0 saturated carbocycles. The van der Waals surface area contributed by atoms with E-state index in [1.807, 2.05) is 64.1 Å². The van der Waals surface area contributed by atoms with Crippen molar-refractivity contribution in [2.45, 2.75) is 40.2 Å². The van der Waals surface area contributed by atoms with E-state index in [1.165, 1.54) is 0 Å². The Balaban J connectivity index is 1.98. The highest BCUT2D eigenvalue weighted by Gasteiger charge is 2.20. The van der Waals surface area contributed by atoms with Crippen LogP contribution < -0.4 is 10.2 Å². The van der Waals surface area contributed by atoms with Crippen LogP contribution in [0.4, 0.5) is 5.69 Å². The second-order valence-corrected chi connectivity index (χ2v) is 8.17. The lowest BCUT2D eigenvalue weighted by molar-refractivity contribution is -0.121. The zero-order chi connectivity index (χ0) is 23.3. The zero-order valence-corrected chi connectivity index (χ0v) is 19.3. The van der Waals surface area contributed by atoms with Crippen molar-refractivity contribution in [3.8, 4) is 11.1 Å². The Morgan fingerprint density at radius 3 is 2.38 bits per heavy atom. The van der Waals surface area contributed by atoms with Crippen molar-refractivity contribution in [1.29, 1.82) is 0 Å². The fraction of sp³-hybridized carbons (Fsp3) is 0.308. The third kappa shape index (κ3) is 5.38. The van der Waals surface area contributed by atoms with Gasteiger partial charge < -0.3 is 10.2 Å². The summed E-state index contributed by atoms with van der Waals surface area (Å²) in [7, 11) is 1.76. The van der Waals surface area contributed by atoms with Gasteiger partial charge in [0, 0.05) is 36.6 Å². The van der Waals surface area contributed by atoms with Gasteiger partial charge in [-0.1, -0.05) is 43.7 Å². The molecule has 6 heteroatoms. The van der Waals surface area contributed by atoms with Gasteiger partial charge >= 0.3 is 0 Å². The minimum atomic E-state index is -0.304. The topological polar surface area (TPSA) is 75.2 Å². The van der Waals surface area contributed by atoms with Gasteiger partial charge in [0.25, 0.3) is 5.91 Å². The van der Waals surface area contributed by atoms with Crippen LogP contribution in [0.15, 0.2) is 61.1 Å². The summed E-state index contributed by atoms with van der Waals surface area (Å²) in [6.45, 7) is 7.81. The Morgan fingerprint density at radius 2 is 1.75 bits per heavy atom. The minimum absolute atomic E-state index is 0.0212. The highest BCUT2D eigenvalue weighted by Crippen LogP contribution is 2.28. The summed E-state index contributed by atoms with van der Waals surface area (Å²) in [6.07, 6.45) is 5.59. The lowest BCUT2D eigenvalue weighted by Crippen LogP contribution is -2.32. The quantitative estimate of drug-likeness (QED) is 0.575. The summed E-state index contributed by atoms with van der Waals surface area (Å²) < 4.78 is 0. The van der Waals surface area contributed by atoms with E-state index in [0.717, 1.165) is 23.1 Å². The molecular formula is C26H30N4O2. The van der Waals surface area contributed by atoms with Gasteiger partial charge in [-0.25, -0.2) is 0 Å². The number of nitrogens with zero attached hydrogens (tertiary/aromatic N) is 3. The third-order valence-electron chi connectivity index (χ3n) is 5.69. The summed E-state index contributed by atoms with van der Waals surface area (Å²) in [4.78, 5) is 35.9. The molecule has 1 aromatic heterocycles. The van der Waals surface area contributed by atoms with E-state index in [2.05, 4.69) is 15.3 Å². The van der Waals surface area contributed by atoms with Crippen molar-refractivity contribution in [3.05, 3.63) is 77.9 Å². The Morgan fingerprint density at radius 1 is 1.03 bits per heavy atom. The van der Waals surface area contributed by atoms with Crippen LogP contribution in [0, 0.1) is 12.8 Å². The van der Waals surface area contributed by atoms with Crippen molar-refractivity contribution in [2.75, 3.05) is 11.9 Å². The summed E-state index contributed by atoms with van der Waals surface area (Å²) in [5.41, 5.74) is 4.87. The highest BCUT2D eigenvalue weighted by molar-refractivity contribution is 6.00. The lowest BCUT2D eigenvalue weighted by Gasteiger charge is -2.23.